The average molecular weight is 451 g/mol. The van der Waals surface area contributed by atoms with Crippen molar-refractivity contribution in [2.75, 3.05) is 0 Å². The zero-order valence-electron chi connectivity index (χ0n) is 14.5. The molecule has 0 saturated carbocycles. The van der Waals surface area contributed by atoms with Crippen LogP contribution in [-0.2, 0) is 12.3 Å². The summed E-state index contributed by atoms with van der Waals surface area (Å²) in [5.41, 5.74) is 1.72. The molecular formula is C20H14Cl3N3OS. The number of fused-ring (bicyclic) bond motifs is 1. The second kappa shape index (κ2) is 8.21. The highest BCUT2D eigenvalue weighted by Crippen LogP contribution is 2.32. The van der Waals surface area contributed by atoms with Crippen LogP contribution in [0.5, 0.6) is 0 Å². The van der Waals surface area contributed by atoms with Crippen molar-refractivity contribution in [3.05, 3.63) is 75.8 Å². The molecule has 4 nitrogen and oxygen atoms in total. The zero-order chi connectivity index (χ0) is 19.7. The van der Waals surface area contributed by atoms with Crippen molar-refractivity contribution in [1.82, 2.24) is 14.8 Å². The van der Waals surface area contributed by atoms with E-state index in [9.17, 15) is 0 Å². The van der Waals surface area contributed by atoms with Gasteiger partial charge in [0.15, 0.2) is 10.9 Å². The van der Waals surface area contributed by atoms with Crippen LogP contribution in [0.15, 0.2) is 64.7 Å². The van der Waals surface area contributed by atoms with Gasteiger partial charge in [-0.2, -0.15) is 0 Å². The fourth-order valence-electron chi connectivity index (χ4n) is 2.78. The first-order valence-corrected chi connectivity index (χ1v) is 10.5. The van der Waals surface area contributed by atoms with Crippen LogP contribution in [0.1, 0.15) is 5.56 Å². The standard InChI is InChI=1S/C20H14Cl3N3OS/c1-2-7-26-19(18-9-13-8-14(21)5-6-17(13)27-18)24-25-20(26)28-11-12-3-4-15(22)10-16(12)23/h2-6,8-10H,1,7,11H2. The van der Waals surface area contributed by atoms with E-state index in [1.807, 2.05) is 34.9 Å². The van der Waals surface area contributed by atoms with Gasteiger partial charge in [0.05, 0.1) is 0 Å². The molecule has 28 heavy (non-hydrogen) atoms. The highest BCUT2D eigenvalue weighted by atomic mass is 35.5. The summed E-state index contributed by atoms with van der Waals surface area (Å²) in [6.45, 7) is 4.39. The van der Waals surface area contributed by atoms with Crippen LogP contribution < -0.4 is 0 Å². The van der Waals surface area contributed by atoms with Gasteiger partial charge in [0.25, 0.3) is 0 Å². The third-order valence-electron chi connectivity index (χ3n) is 4.10. The summed E-state index contributed by atoms with van der Waals surface area (Å²) in [6, 6.07) is 12.9. The minimum Gasteiger partial charge on any atom is -0.453 e. The van der Waals surface area contributed by atoms with Crippen molar-refractivity contribution >= 4 is 57.5 Å². The van der Waals surface area contributed by atoms with E-state index >= 15 is 0 Å². The highest BCUT2D eigenvalue weighted by Gasteiger charge is 2.18. The third-order valence-corrected chi connectivity index (χ3v) is 5.94. The first-order chi connectivity index (χ1) is 13.5. The van der Waals surface area contributed by atoms with Gasteiger partial charge < -0.3 is 4.42 Å². The summed E-state index contributed by atoms with van der Waals surface area (Å²) < 4.78 is 7.90. The molecule has 0 N–H and O–H groups in total. The Morgan fingerprint density at radius 3 is 2.61 bits per heavy atom. The topological polar surface area (TPSA) is 43.9 Å². The number of thioether (sulfide) groups is 1. The lowest BCUT2D eigenvalue weighted by molar-refractivity contribution is 0.613. The van der Waals surface area contributed by atoms with E-state index < -0.39 is 0 Å². The van der Waals surface area contributed by atoms with Crippen LogP contribution in [0, 0.1) is 0 Å². The molecule has 4 rings (SSSR count). The van der Waals surface area contributed by atoms with E-state index in [0.717, 1.165) is 21.7 Å². The van der Waals surface area contributed by atoms with Gasteiger partial charge in [0.2, 0.25) is 5.82 Å². The van der Waals surface area contributed by atoms with Crippen LogP contribution in [0.3, 0.4) is 0 Å². The molecule has 0 spiro atoms. The Morgan fingerprint density at radius 2 is 1.82 bits per heavy atom. The van der Waals surface area contributed by atoms with E-state index in [4.69, 9.17) is 39.2 Å². The number of hydrogen-bond donors (Lipinski definition) is 0. The lowest BCUT2D eigenvalue weighted by atomic mass is 10.2. The second-order valence-electron chi connectivity index (χ2n) is 6.02. The number of hydrogen-bond acceptors (Lipinski definition) is 4. The summed E-state index contributed by atoms with van der Waals surface area (Å²) in [4.78, 5) is 0. The fraction of sp³-hybridized carbons (Fsp3) is 0.100. The Morgan fingerprint density at radius 1 is 1.04 bits per heavy atom. The number of rotatable bonds is 6. The maximum absolute atomic E-state index is 6.27. The molecule has 4 aromatic rings. The second-order valence-corrected chi connectivity index (χ2v) is 8.25. The normalized spacial score (nSPS) is 11.2. The lowest BCUT2D eigenvalue weighted by Gasteiger charge is -2.07. The van der Waals surface area contributed by atoms with E-state index in [0.29, 0.717) is 39.0 Å². The molecule has 2 heterocycles. The highest BCUT2D eigenvalue weighted by molar-refractivity contribution is 7.98. The molecule has 8 heteroatoms. The van der Waals surface area contributed by atoms with Crippen LogP contribution in [0.25, 0.3) is 22.6 Å². The van der Waals surface area contributed by atoms with Gasteiger partial charge in [-0.3, -0.25) is 4.57 Å². The molecule has 2 aromatic heterocycles. The molecule has 142 valence electrons. The van der Waals surface area contributed by atoms with Gasteiger partial charge in [0, 0.05) is 32.8 Å². The number of allylic oxidation sites excluding steroid dienone is 1. The maximum Gasteiger partial charge on any atom is 0.200 e. The largest absolute Gasteiger partial charge is 0.453 e. The number of aromatic nitrogens is 3. The monoisotopic (exact) mass is 449 g/mol. The quantitative estimate of drug-likeness (QED) is 0.231. The molecule has 0 aliphatic carbocycles. The van der Waals surface area contributed by atoms with Crippen LogP contribution in [0.4, 0.5) is 0 Å². The predicted octanol–water partition coefficient (Wildman–Crippen LogP) is 7.13. The smallest absolute Gasteiger partial charge is 0.200 e. The van der Waals surface area contributed by atoms with Gasteiger partial charge in [-0.05, 0) is 42.0 Å². The molecule has 0 atom stereocenters. The van der Waals surface area contributed by atoms with Crippen molar-refractivity contribution < 1.29 is 4.42 Å². The van der Waals surface area contributed by atoms with E-state index in [-0.39, 0.29) is 0 Å². The average Bonchev–Trinajstić information content (AvgIpc) is 3.25. The van der Waals surface area contributed by atoms with Crippen LogP contribution in [0.2, 0.25) is 15.1 Å². The first-order valence-electron chi connectivity index (χ1n) is 8.35. The molecule has 0 bridgehead atoms. The van der Waals surface area contributed by atoms with Crippen molar-refractivity contribution in [3.8, 4) is 11.6 Å². The number of benzene rings is 2. The number of nitrogens with zero attached hydrogens (tertiary/aromatic N) is 3. The molecule has 0 unspecified atom stereocenters. The van der Waals surface area contributed by atoms with Gasteiger partial charge in [-0.15, -0.1) is 16.8 Å². The fourth-order valence-corrected chi connectivity index (χ4v) is 4.46. The first kappa shape index (κ1) is 19.4. The molecule has 0 fully saturated rings. The number of furan rings is 1. The molecule has 0 amide bonds. The van der Waals surface area contributed by atoms with Crippen molar-refractivity contribution in [3.63, 3.8) is 0 Å². The summed E-state index contributed by atoms with van der Waals surface area (Å²) in [7, 11) is 0. The van der Waals surface area contributed by atoms with Gasteiger partial charge >= 0.3 is 0 Å². The Hall–Kier alpha value is -1.92. The van der Waals surface area contributed by atoms with Crippen molar-refractivity contribution in [2.45, 2.75) is 17.5 Å². The van der Waals surface area contributed by atoms with E-state index in [2.05, 4.69) is 16.8 Å². The van der Waals surface area contributed by atoms with Crippen molar-refractivity contribution in [1.29, 1.82) is 0 Å². The van der Waals surface area contributed by atoms with Gasteiger partial charge in [-0.25, -0.2) is 0 Å². The Labute approximate surface area is 181 Å². The molecule has 0 aliphatic heterocycles. The van der Waals surface area contributed by atoms with Crippen LogP contribution >= 0.6 is 46.6 Å². The molecule has 2 aromatic carbocycles. The minimum absolute atomic E-state index is 0.552. The minimum atomic E-state index is 0.552. The summed E-state index contributed by atoms with van der Waals surface area (Å²) in [6.07, 6.45) is 1.80. The Bertz CT molecular complexity index is 1170. The lowest BCUT2D eigenvalue weighted by Crippen LogP contribution is -2.00. The summed E-state index contributed by atoms with van der Waals surface area (Å²) >= 11 is 19.8. The SMILES string of the molecule is C=CCn1c(SCc2ccc(Cl)cc2Cl)nnc1-c1cc2cc(Cl)ccc2o1. The Balaban J connectivity index is 1.65. The maximum atomic E-state index is 6.27. The van der Waals surface area contributed by atoms with E-state index in [1.165, 1.54) is 11.8 Å². The predicted molar refractivity (Wildman–Crippen MR) is 116 cm³/mol. The van der Waals surface area contributed by atoms with Crippen LogP contribution in [-0.4, -0.2) is 14.8 Å². The van der Waals surface area contributed by atoms with E-state index in [1.54, 1.807) is 18.2 Å². The molecule has 0 saturated heterocycles. The van der Waals surface area contributed by atoms with Gasteiger partial charge in [0.1, 0.15) is 5.58 Å². The number of halogens is 3. The molecule has 0 aliphatic rings. The van der Waals surface area contributed by atoms with Crippen molar-refractivity contribution in [2.24, 2.45) is 0 Å². The molecule has 0 radical (unpaired) electrons. The third kappa shape index (κ3) is 3.94. The zero-order valence-corrected chi connectivity index (χ0v) is 17.6. The summed E-state index contributed by atoms with van der Waals surface area (Å²) in [5, 5.41) is 12.2. The molecular weight excluding hydrogens is 437 g/mol. The Kier molecular flexibility index (Phi) is 5.69. The van der Waals surface area contributed by atoms with Gasteiger partial charge in [-0.1, -0.05) is 58.7 Å². The summed E-state index contributed by atoms with van der Waals surface area (Å²) in [5.74, 6) is 1.90.